The summed E-state index contributed by atoms with van der Waals surface area (Å²) in [5, 5.41) is 9.58. The molecular weight excluding hydrogens is 194 g/mol. The Labute approximate surface area is 93.2 Å². The van der Waals surface area contributed by atoms with E-state index >= 15 is 0 Å². The quantitative estimate of drug-likeness (QED) is 0.654. The van der Waals surface area contributed by atoms with E-state index in [1.54, 1.807) is 14.2 Å². The second-order valence-corrected chi connectivity index (χ2v) is 4.02. The lowest BCUT2D eigenvalue weighted by molar-refractivity contribution is 0.00638. The van der Waals surface area contributed by atoms with Crippen molar-refractivity contribution >= 4 is 0 Å². The largest absolute Gasteiger partial charge is 0.392 e. The average molecular weight is 219 g/mol. The number of aliphatic hydroxyl groups excluding tert-OH is 1. The fraction of sp³-hybridized carbons (Fsp3) is 1.00. The van der Waals surface area contributed by atoms with Gasteiger partial charge in [-0.05, 0) is 20.8 Å². The molecule has 0 aliphatic rings. The Morgan fingerprint density at radius 3 is 2.13 bits per heavy atom. The third kappa shape index (κ3) is 5.47. The van der Waals surface area contributed by atoms with E-state index in [-0.39, 0.29) is 18.2 Å². The van der Waals surface area contributed by atoms with E-state index in [4.69, 9.17) is 9.47 Å². The molecule has 15 heavy (non-hydrogen) atoms. The first kappa shape index (κ1) is 14.8. The first-order valence-electron chi connectivity index (χ1n) is 5.46. The van der Waals surface area contributed by atoms with Crippen LogP contribution >= 0.6 is 0 Å². The van der Waals surface area contributed by atoms with E-state index in [0.29, 0.717) is 13.2 Å². The van der Waals surface area contributed by atoms with Crippen LogP contribution in [0.4, 0.5) is 0 Å². The second-order valence-electron chi connectivity index (χ2n) is 4.02. The summed E-state index contributed by atoms with van der Waals surface area (Å²) in [7, 11) is 3.38. The summed E-state index contributed by atoms with van der Waals surface area (Å²) in [5.41, 5.74) is 0. The average Bonchev–Trinajstić information content (AvgIpc) is 2.18. The highest BCUT2D eigenvalue weighted by Gasteiger charge is 2.22. The van der Waals surface area contributed by atoms with Crippen molar-refractivity contribution in [1.82, 2.24) is 4.90 Å². The maximum Gasteiger partial charge on any atom is 0.0664 e. The molecule has 4 heteroatoms. The summed E-state index contributed by atoms with van der Waals surface area (Å²) in [6.45, 7) is 8.08. The second kappa shape index (κ2) is 8.05. The number of methoxy groups -OCH3 is 2. The van der Waals surface area contributed by atoms with Crippen LogP contribution in [0.25, 0.3) is 0 Å². The number of rotatable bonds is 8. The number of nitrogens with zero attached hydrogens (tertiary/aromatic N) is 1. The van der Waals surface area contributed by atoms with Crippen molar-refractivity contribution in [1.29, 1.82) is 0 Å². The molecule has 0 aromatic rings. The van der Waals surface area contributed by atoms with Crippen molar-refractivity contribution in [2.24, 2.45) is 0 Å². The van der Waals surface area contributed by atoms with Gasteiger partial charge in [-0.25, -0.2) is 0 Å². The molecule has 92 valence electrons. The van der Waals surface area contributed by atoms with Crippen molar-refractivity contribution in [3.05, 3.63) is 0 Å². The molecule has 0 aromatic heterocycles. The first-order valence-corrected chi connectivity index (χ1v) is 5.46. The Kier molecular flexibility index (Phi) is 7.96. The summed E-state index contributed by atoms with van der Waals surface area (Å²) >= 11 is 0. The van der Waals surface area contributed by atoms with Gasteiger partial charge in [-0.2, -0.15) is 0 Å². The predicted molar refractivity (Wildman–Crippen MR) is 61.1 cm³/mol. The van der Waals surface area contributed by atoms with E-state index in [0.717, 1.165) is 6.54 Å². The lowest BCUT2D eigenvalue weighted by atomic mass is 10.1. The minimum Gasteiger partial charge on any atom is -0.392 e. The molecule has 0 heterocycles. The van der Waals surface area contributed by atoms with Crippen LogP contribution in [0.2, 0.25) is 0 Å². The van der Waals surface area contributed by atoms with Gasteiger partial charge in [0.05, 0.1) is 19.3 Å². The number of hydrogen-bond donors (Lipinski definition) is 1. The molecule has 0 fully saturated rings. The number of ether oxygens (including phenoxy) is 2. The molecule has 0 bridgehead atoms. The van der Waals surface area contributed by atoms with Crippen molar-refractivity contribution in [3.63, 3.8) is 0 Å². The van der Waals surface area contributed by atoms with E-state index in [2.05, 4.69) is 11.8 Å². The summed E-state index contributed by atoms with van der Waals surface area (Å²) in [5.74, 6) is 0. The summed E-state index contributed by atoms with van der Waals surface area (Å²) in [4.78, 5) is 2.21. The third-order valence-corrected chi connectivity index (χ3v) is 2.75. The van der Waals surface area contributed by atoms with E-state index < -0.39 is 0 Å². The normalized spacial score (nSPS) is 17.8. The molecule has 3 atom stereocenters. The van der Waals surface area contributed by atoms with Crippen LogP contribution in [0.5, 0.6) is 0 Å². The van der Waals surface area contributed by atoms with Gasteiger partial charge in [0.2, 0.25) is 0 Å². The van der Waals surface area contributed by atoms with Crippen LogP contribution in [0.1, 0.15) is 20.8 Å². The van der Waals surface area contributed by atoms with Gasteiger partial charge in [0.25, 0.3) is 0 Å². The van der Waals surface area contributed by atoms with Crippen LogP contribution in [0.15, 0.2) is 0 Å². The lowest BCUT2D eigenvalue weighted by Gasteiger charge is -2.35. The zero-order valence-corrected chi connectivity index (χ0v) is 10.6. The number of aliphatic hydroxyl groups is 1. The molecule has 0 saturated carbocycles. The molecule has 0 amide bonds. The lowest BCUT2D eigenvalue weighted by Crippen LogP contribution is -2.48. The van der Waals surface area contributed by atoms with E-state index in [1.807, 2.05) is 13.8 Å². The Hall–Kier alpha value is -0.160. The zero-order valence-electron chi connectivity index (χ0n) is 10.6. The highest BCUT2D eigenvalue weighted by Crippen LogP contribution is 2.09. The van der Waals surface area contributed by atoms with Gasteiger partial charge in [-0.15, -0.1) is 0 Å². The summed E-state index contributed by atoms with van der Waals surface area (Å²) in [6.07, 6.45) is -0.346. The van der Waals surface area contributed by atoms with Gasteiger partial charge in [-0.1, -0.05) is 0 Å². The van der Waals surface area contributed by atoms with Crippen molar-refractivity contribution in [3.8, 4) is 0 Å². The van der Waals surface area contributed by atoms with Crippen LogP contribution < -0.4 is 0 Å². The highest BCUT2D eigenvalue weighted by atomic mass is 16.5. The molecule has 0 spiro atoms. The van der Waals surface area contributed by atoms with E-state index in [9.17, 15) is 5.11 Å². The monoisotopic (exact) mass is 219 g/mol. The van der Waals surface area contributed by atoms with Gasteiger partial charge >= 0.3 is 0 Å². The third-order valence-electron chi connectivity index (χ3n) is 2.75. The molecule has 0 rings (SSSR count). The Morgan fingerprint density at radius 1 is 1.13 bits per heavy atom. The van der Waals surface area contributed by atoms with Crippen molar-refractivity contribution < 1.29 is 14.6 Å². The molecule has 0 aliphatic carbocycles. The highest BCUT2D eigenvalue weighted by molar-refractivity contribution is 4.77. The van der Waals surface area contributed by atoms with Gasteiger partial charge in [0.15, 0.2) is 0 Å². The van der Waals surface area contributed by atoms with Gasteiger partial charge < -0.3 is 14.6 Å². The molecule has 3 unspecified atom stereocenters. The first-order chi connectivity index (χ1) is 7.04. The SMILES string of the molecule is COCCN(C(C)COC)C(C)C(C)O. The molecule has 0 radical (unpaired) electrons. The smallest absolute Gasteiger partial charge is 0.0664 e. The van der Waals surface area contributed by atoms with Crippen LogP contribution in [-0.2, 0) is 9.47 Å². The fourth-order valence-corrected chi connectivity index (χ4v) is 1.64. The van der Waals surface area contributed by atoms with Gasteiger partial charge in [-0.3, -0.25) is 4.90 Å². The Balaban J connectivity index is 4.27. The molecule has 1 N–H and O–H groups in total. The maximum absolute atomic E-state index is 9.58. The summed E-state index contributed by atoms with van der Waals surface area (Å²) < 4.78 is 10.2. The Morgan fingerprint density at radius 2 is 1.73 bits per heavy atom. The topological polar surface area (TPSA) is 41.9 Å². The summed E-state index contributed by atoms with van der Waals surface area (Å²) in [6, 6.07) is 0.403. The fourth-order valence-electron chi connectivity index (χ4n) is 1.64. The number of hydrogen-bond acceptors (Lipinski definition) is 4. The van der Waals surface area contributed by atoms with Crippen LogP contribution in [-0.4, -0.2) is 62.2 Å². The Bertz CT molecular complexity index is 153. The van der Waals surface area contributed by atoms with Crippen molar-refractivity contribution in [2.75, 3.05) is 34.0 Å². The standard InChI is InChI=1S/C11H25NO3/c1-9(8-15-5)12(6-7-14-4)10(2)11(3)13/h9-11,13H,6-8H2,1-5H3. The van der Waals surface area contributed by atoms with Gasteiger partial charge in [0, 0.05) is 32.8 Å². The predicted octanol–water partition coefficient (Wildman–Crippen LogP) is 0.739. The molecule has 0 saturated heterocycles. The van der Waals surface area contributed by atoms with Gasteiger partial charge in [0.1, 0.15) is 0 Å². The molecule has 0 aromatic carbocycles. The van der Waals surface area contributed by atoms with Crippen LogP contribution in [0, 0.1) is 0 Å². The minimum absolute atomic E-state index is 0.116. The maximum atomic E-state index is 9.58. The minimum atomic E-state index is -0.346. The van der Waals surface area contributed by atoms with Crippen molar-refractivity contribution in [2.45, 2.75) is 39.0 Å². The molecule has 4 nitrogen and oxygen atoms in total. The van der Waals surface area contributed by atoms with Crippen LogP contribution in [0.3, 0.4) is 0 Å². The van der Waals surface area contributed by atoms with E-state index in [1.165, 1.54) is 0 Å². The molecular formula is C11H25NO3. The zero-order chi connectivity index (χ0) is 11.8. The molecule has 0 aliphatic heterocycles.